The fourth-order valence-electron chi connectivity index (χ4n) is 2.15. The Hall–Kier alpha value is -2.93. The summed E-state index contributed by atoms with van der Waals surface area (Å²) in [4.78, 5) is 4.78. The molecule has 23 heavy (non-hydrogen) atoms. The van der Waals surface area contributed by atoms with Crippen LogP contribution in [0.15, 0.2) is 48.8 Å². The Kier molecular flexibility index (Phi) is 3.39. The molecule has 0 amide bonds. The van der Waals surface area contributed by atoms with Crippen LogP contribution in [0.5, 0.6) is 0 Å². The fraction of sp³-hybridized carbons (Fsp3) is 0. The summed E-state index contributed by atoms with van der Waals surface area (Å²) in [6, 6.07) is 10.1. The molecule has 4 aromatic rings. The largest absolute Gasteiger partial charge is 0.264 e. The molecule has 5 nitrogen and oxygen atoms in total. The van der Waals surface area contributed by atoms with E-state index in [4.69, 9.17) is 0 Å². The fourth-order valence-corrected chi connectivity index (χ4v) is 2.89. The van der Waals surface area contributed by atoms with E-state index in [1.54, 1.807) is 23.0 Å². The maximum absolute atomic E-state index is 13.2. The molecule has 0 fully saturated rings. The maximum Gasteiger partial charge on any atom is 0.235 e. The van der Waals surface area contributed by atoms with Crippen LogP contribution in [0.3, 0.4) is 0 Å². The van der Waals surface area contributed by atoms with Gasteiger partial charge in [-0.15, -0.1) is 10.2 Å². The van der Waals surface area contributed by atoms with Crippen LogP contribution in [-0.2, 0) is 0 Å². The highest BCUT2D eigenvalue weighted by atomic mass is 32.1. The lowest BCUT2D eigenvalue weighted by Crippen LogP contribution is -1.91. The minimum atomic E-state index is -0.260. The van der Waals surface area contributed by atoms with Gasteiger partial charge in [0.15, 0.2) is 5.82 Å². The third kappa shape index (κ3) is 2.74. The van der Waals surface area contributed by atoms with Gasteiger partial charge in [-0.25, -0.2) is 4.39 Å². The van der Waals surface area contributed by atoms with E-state index in [1.807, 2.05) is 30.4 Å². The van der Waals surface area contributed by atoms with E-state index in [0.29, 0.717) is 10.8 Å². The first-order chi connectivity index (χ1) is 11.3. The normalized spacial score (nSPS) is 11.5. The van der Waals surface area contributed by atoms with Crippen molar-refractivity contribution >= 4 is 28.4 Å². The van der Waals surface area contributed by atoms with E-state index in [9.17, 15) is 4.39 Å². The molecule has 112 valence electrons. The Morgan fingerprint density at radius 1 is 1.09 bits per heavy atom. The number of aromatic nitrogens is 5. The predicted octanol–water partition coefficient (Wildman–Crippen LogP) is 3.56. The third-order valence-corrected chi connectivity index (χ3v) is 4.06. The Morgan fingerprint density at radius 3 is 2.87 bits per heavy atom. The predicted molar refractivity (Wildman–Crippen MR) is 87.2 cm³/mol. The first-order valence-corrected chi connectivity index (χ1v) is 7.67. The van der Waals surface area contributed by atoms with Crippen molar-refractivity contribution in [3.05, 3.63) is 65.2 Å². The van der Waals surface area contributed by atoms with Crippen molar-refractivity contribution in [2.45, 2.75) is 0 Å². The van der Waals surface area contributed by atoms with Crippen LogP contribution < -0.4 is 0 Å². The zero-order valence-corrected chi connectivity index (χ0v) is 12.6. The Morgan fingerprint density at radius 2 is 2.04 bits per heavy atom. The van der Waals surface area contributed by atoms with Gasteiger partial charge in [0.1, 0.15) is 10.8 Å². The Bertz CT molecular complexity index is 990. The monoisotopic (exact) mass is 323 g/mol. The lowest BCUT2D eigenvalue weighted by molar-refractivity contribution is 0.627. The molecule has 1 aromatic carbocycles. The molecule has 0 aliphatic heterocycles. The zero-order chi connectivity index (χ0) is 15.6. The van der Waals surface area contributed by atoms with E-state index in [-0.39, 0.29) is 5.82 Å². The van der Waals surface area contributed by atoms with Crippen LogP contribution in [-0.4, -0.2) is 24.8 Å². The van der Waals surface area contributed by atoms with Gasteiger partial charge in [0.05, 0.1) is 0 Å². The van der Waals surface area contributed by atoms with Gasteiger partial charge < -0.3 is 0 Å². The molecule has 0 unspecified atom stereocenters. The van der Waals surface area contributed by atoms with Crippen LogP contribution in [0.1, 0.15) is 10.6 Å². The van der Waals surface area contributed by atoms with Crippen LogP contribution in [0.2, 0.25) is 0 Å². The van der Waals surface area contributed by atoms with Crippen LogP contribution >= 0.6 is 11.3 Å². The molecule has 0 bridgehead atoms. The average molecular weight is 323 g/mol. The van der Waals surface area contributed by atoms with Crippen LogP contribution in [0.25, 0.3) is 28.5 Å². The molecule has 4 rings (SSSR count). The van der Waals surface area contributed by atoms with E-state index in [1.165, 1.54) is 23.5 Å². The Labute approximate surface area is 134 Å². The second kappa shape index (κ2) is 5.69. The van der Waals surface area contributed by atoms with E-state index < -0.39 is 0 Å². The molecule has 3 heterocycles. The van der Waals surface area contributed by atoms with Gasteiger partial charge in [-0.05, 0) is 35.9 Å². The minimum Gasteiger partial charge on any atom is -0.264 e. The summed E-state index contributed by atoms with van der Waals surface area (Å²) in [5, 5.41) is 13.5. The number of nitrogens with zero attached hydrogens (tertiary/aromatic N) is 5. The second-order valence-electron chi connectivity index (χ2n) is 4.79. The molecule has 7 heteroatoms. The number of fused-ring (bicyclic) bond motifs is 1. The molecular formula is C16H10FN5S. The summed E-state index contributed by atoms with van der Waals surface area (Å²) in [5.74, 6) is 0.388. The standard InChI is InChI=1S/C16H10FN5S/c17-13-5-1-3-11(9-13)6-7-14-21-22-15(19-20-16(22)23-14)12-4-2-8-18-10-12/h1-10H. The van der Waals surface area contributed by atoms with Gasteiger partial charge in [-0.2, -0.15) is 9.61 Å². The van der Waals surface area contributed by atoms with Gasteiger partial charge in [0.25, 0.3) is 0 Å². The highest BCUT2D eigenvalue weighted by Gasteiger charge is 2.12. The highest BCUT2D eigenvalue weighted by Crippen LogP contribution is 2.22. The summed E-state index contributed by atoms with van der Waals surface area (Å²) in [6.45, 7) is 0. The molecule has 0 saturated carbocycles. The molecule has 0 aliphatic rings. The van der Waals surface area contributed by atoms with Crippen LogP contribution in [0, 0.1) is 5.82 Å². The summed E-state index contributed by atoms with van der Waals surface area (Å²) in [6.07, 6.45) is 7.08. The summed E-state index contributed by atoms with van der Waals surface area (Å²) in [7, 11) is 0. The van der Waals surface area contributed by atoms with Crippen molar-refractivity contribution in [2.75, 3.05) is 0 Å². The quantitative estimate of drug-likeness (QED) is 0.578. The van der Waals surface area contributed by atoms with E-state index >= 15 is 0 Å². The first-order valence-electron chi connectivity index (χ1n) is 6.86. The number of hydrogen-bond acceptors (Lipinski definition) is 5. The molecule has 3 aromatic heterocycles. The molecule has 0 N–H and O–H groups in total. The minimum absolute atomic E-state index is 0.260. The van der Waals surface area contributed by atoms with Gasteiger partial charge >= 0.3 is 0 Å². The summed E-state index contributed by atoms with van der Waals surface area (Å²) in [5.41, 5.74) is 1.63. The number of rotatable bonds is 3. The number of benzene rings is 1. The van der Waals surface area contributed by atoms with Crippen molar-refractivity contribution in [3.8, 4) is 11.4 Å². The van der Waals surface area contributed by atoms with Crippen molar-refractivity contribution in [3.63, 3.8) is 0 Å². The maximum atomic E-state index is 13.2. The molecule has 0 aliphatic carbocycles. The SMILES string of the molecule is Fc1cccc(C=Cc2nn3c(-c4cccnc4)nnc3s2)c1. The van der Waals surface area contributed by atoms with Gasteiger partial charge in [-0.3, -0.25) is 4.98 Å². The zero-order valence-electron chi connectivity index (χ0n) is 11.8. The highest BCUT2D eigenvalue weighted by molar-refractivity contribution is 7.17. The van der Waals surface area contributed by atoms with Crippen LogP contribution in [0.4, 0.5) is 4.39 Å². The molecule has 0 saturated heterocycles. The Balaban J connectivity index is 1.69. The summed E-state index contributed by atoms with van der Waals surface area (Å²) >= 11 is 1.41. The smallest absolute Gasteiger partial charge is 0.235 e. The topological polar surface area (TPSA) is 56.0 Å². The van der Waals surface area contributed by atoms with Crippen molar-refractivity contribution < 1.29 is 4.39 Å². The number of halogens is 1. The van der Waals surface area contributed by atoms with Crippen molar-refractivity contribution in [2.24, 2.45) is 0 Å². The van der Waals surface area contributed by atoms with Crippen molar-refractivity contribution in [1.82, 2.24) is 24.8 Å². The average Bonchev–Trinajstić information content (AvgIpc) is 3.14. The first kappa shape index (κ1) is 13.7. The van der Waals surface area contributed by atoms with Crippen molar-refractivity contribution in [1.29, 1.82) is 0 Å². The molecule has 0 atom stereocenters. The van der Waals surface area contributed by atoms with E-state index in [2.05, 4.69) is 20.3 Å². The van der Waals surface area contributed by atoms with E-state index in [0.717, 1.165) is 16.1 Å². The lowest BCUT2D eigenvalue weighted by atomic mass is 10.2. The molecule has 0 spiro atoms. The van der Waals surface area contributed by atoms with Gasteiger partial charge in [-0.1, -0.05) is 29.5 Å². The third-order valence-electron chi connectivity index (χ3n) is 3.19. The number of hydrogen-bond donors (Lipinski definition) is 0. The second-order valence-corrected chi connectivity index (χ2v) is 5.78. The van der Waals surface area contributed by atoms with Gasteiger partial charge in [0, 0.05) is 18.0 Å². The van der Waals surface area contributed by atoms with Gasteiger partial charge in [0.2, 0.25) is 4.96 Å². The summed E-state index contributed by atoms with van der Waals surface area (Å²) < 4.78 is 14.9. The number of pyridine rings is 1. The molecular weight excluding hydrogens is 313 g/mol. The lowest BCUT2D eigenvalue weighted by Gasteiger charge is -1.94. The molecule has 0 radical (unpaired) electrons.